The molecule has 1 atom stereocenters. The van der Waals surface area contributed by atoms with Gasteiger partial charge < -0.3 is 9.64 Å². The van der Waals surface area contributed by atoms with E-state index in [-0.39, 0.29) is 17.8 Å². The van der Waals surface area contributed by atoms with E-state index in [0.717, 1.165) is 22.5 Å². The van der Waals surface area contributed by atoms with Crippen LogP contribution in [0.1, 0.15) is 33.5 Å². The first-order valence-corrected chi connectivity index (χ1v) is 9.16. The summed E-state index contributed by atoms with van der Waals surface area (Å²) in [6, 6.07) is 7.95. The van der Waals surface area contributed by atoms with Crippen LogP contribution in [0.3, 0.4) is 0 Å². The van der Waals surface area contributed by atoms with Crippen molar-refractivity contribution >= 4 is 5.91 Å². The third-order valence-corrected chi connectivity index (χ3v) is 5.17. The van der Waals surface area contributed by atoms with Crippen molar-refractivity contribution in [2.75, 3.05) is 19.7 Å². The zero-order chi connectivity index (χ0) is 19.8. The molecule has 2 aromatic heterocycles. The number of aryl methyl sites for hydroxylation is 2. The maximum absolute atomic E-state index is 13.2. The van der Waals surface area contributed by atoms with Gasteiger partial charge in [0.2, 0.25) is 0 Å². The van der Waals surface area contributed by atoms with Crippen LogP contribution < -0.4 is 0 Å². The normalized spacial score (nSPS) is 17.1. The lowest BCUT2D eigenvalue weighted by Crippen LogP contribution is -2.42. The minimum atomic E-state index is -0.293. The fraction of sp³-hybridized carbons (Fsp3) is 0.350. The van der Waals surface area contributed by atoms with Crippen molar-refractivity contribution in [3.05, 3.63) is 58.8 Å². The minimum absolute atomic E-state index is 0.131. The Balaban J connectivity index is 1.53. The number of hydrogen-bond acceptors (Lipinski definition) is 4. The molecule has 1 fully saturated rings. The molecular formula is C20H22FN5O2. The molecule has 1 aliphatic heterocycles. The van der Waals surface area contributed by atoms with Gasteiger partial charge >= 0.3 is 0 Å². The number of nitrogens with zero attached hydrogens (tertiary/aromatic N) is 4. The smallest absolute Gasteiger partial charge is 0.272 e. The zero-order valence-corrected chi connectivity index (χ0v) is 16.1. The van der Waals surface area contributed by atoms with Gasteiger partial charge in [-0.2, -0.15) is 10.2 Å². The summed E-state index contributed by atoms with van der Waals surface area (Å²) in [4.78, 5) is 14.7. The highest BCUT2D eigenvalue weighted by Gasteiger charge is 2.27. The number of benzene rings is 1. The Hall–Kier alpha value is -3.00. The Bertz CT molecular complexity index is 1010. The standard InChI is InChI=1S/C20H22FN5O2/c1-12-19(13(2)25(3)24-12)16-10-17(23-22-16)20(27)26-8-9-28-18(11-26)14-4-6-15(21)7-5-14/h4-7,10,18H,8-9,11H2,1-3H3,(H,22,23). The van der Waals surface area contributed by atoms with Gasteiger partial charge in [0.15, 0.2) is 0 Å². The number of ether oxygens (including phenoxy) is 1. The molecule has 28 heavy (non-hydrogen) atoms. The molecule has 7 nitrogen and oxygen atoms in total. The van der Waals surface area contributed by atoms with Crippen LogP contribution in [0.2, 0.25) is 0 Å². The fourth-order valence-electron chi connectivity index (χ4n) is 3.59. The second kappa shape index (κ2) is 7.20. The number of carbonyl (C=O) groups excluding carboxylic acids is 1. The number of H-pyrrole nitrogens is 1. The molecule has 0 aliphatic carbocycles. The van der Waals surface area contributed by atoms with E-state index in [1.807, 2.05) is 20.9 Å². The fourth-order valence-corrected chi connectivity index (χ4v) is 3.59. The van der Waals surface area contributed by atoms with Crippen molar-refractivity contribution < 1.29 is 13.9 Å². The summed E-state index contributed by atoms with van der Waals surface area (Å²) in [5.74, 6) is -0.424. The second-order valence-corrected chi connectivity index (χ2v) is 7.00. The lowest BCUT2D eigenvalue weighted by atomic mass is 10.1. The molecular weight excluding hydrogens is 361 g/mol. The Kier molecular flexibility index (Phi) is 4.72. The average Bonchev–Trinajstić information content (AvgIpc) is 3.26. The van der Waals surface area contributed by atoms with Crippen molar-refractivity contribution in [2.45, 2.75) is 20.0 Å². The van der Waals surface area contributed by atoms with Crippen LogP contribution in [0, 0.1) is 19.7 Å². The van der Waals surface area contributed by atoms with Crippen LogP contribution in [-0.4, -0.2) is 50.5 Å². The van der Waals surface area contributed by atoms with Crippen LogP contribution in [-0.2, 0) is 11.8 Å². The first-order chi connectivity index (χ1) is 13.4. The molecule has 146 valence electrons. The first kappa shape index (κ1) is 18.4. The number of carbonyl (C=O) groups is 1. The zero-order valence-electron chi connectivity index (χ0n) is 16.1. The molecule has 0 saturated carbocycles. The topological polar surface area (TPSA) is 76.0 Å². The van der Waals surface area contributed by atoms with E-state index in [2.05, 4.69) is 15.3 Å². The molecule has 3 aromatic rings. The monoisotopic (exact) mass is 383 g/mol. The molecule has 1 saturated heterocycles. The summed E-state index contributed by atoms with van der Waals surface area (Å²) in [5, 5.41) is 11.6. The van der Waals surface area contributed by atoms with Gasteiger partial charge in [-0.25, -0.2) is 4.39 Å². The van der Waals surface area contributed by atoms with Crippen molar-refractivity contribution in [3.63, 3.8) is 0 Å². The number of halogens is 1. The molecule has 0 spiro atoms. The maximum Gasteiger partial charge on any atom is 0.272 e. The van der Waals surface area contributed by atoms with E-state index in [0.29, 0.717) is 31.1 Å². The van der Waals surface area contributed by atoms with Gasteiger partial charge in [0.05, 0.1) is 24.5 Å². The van der Waals surface area contributed by atoms with E-state index >= 15 is 0 Å². The van der Waals surface area contributed by atoms with Gasteiger partial charge in [-0.1, -0.05) is 12.1 Å². The number of rotatable bonds is 3. The third kappa shape index (κ3) is 3.31. The second-order valence-electron chi connectivity index (χ2n) is 7.00. The Morgan fingerprint density at radius 1 is 1.29 bits per heavy atom. The van der Waals surface area contributed by atoms with Crippen LogP contribution in [0.15, 0.2) is 30.3 Å². The molecule has 0 radical (unpaired) electrons. The summed E-state index contributed by atoms with van der Waals surface area (Å²) >= 11 is 0. The summed E-state index contributed by atoms with van der Waals surface area (Å²) in [7, 11) is 1.88. The van der Waals surface area contributed by atoms with Gasteiger partial charge in [0.1, 0.15) is 17.6 Å². The van der Waals surface area contributed by atoms with Crippen molar-refractivity contribution in [1.82, 2.24) is 24.9 Å². The Labute approximate surface area is 162 Å². The average molecular weight is 383 g/mol. The molecule has 4 rings (SSSR count). The van der Waals surface area contributed by atoms with Crippen molar-refractivity contribution in [2.24, 2.45) is 7.05 Å². The van der Waals surface area contributed by atoms with Crippen LogP contribution in [0.5, 0.6) is 0 Å². The van der Waals surface area contributed by atoms with Crippen molar-refractivity contribution in [3.8, 4) is 11.3 Å². The van der Waals surface area contributed by atoms with Crippen LogP contribution >= 0.6 is 0 Å². The van der Waals surface area contributed by atoms with E-state index < -0.39 is 0 Å². The quantitative estimate of drug-likeness (QED) is 0.755. The molecule has 8 heteroatoms. The minimum Gasteiger partial charge on any atom is -0.370 e. The third-order valence-electron chi connectivity index (χ3n) is 5.17. The number of hydrogen-bond donors (Lipinski definition) is 1. The van der Waals surface area contributed by atoms with E-state index in [1.165, 1.54) is 12.1 Å². The molecule has 3 heterocycles. The van der Waals surface area contributed by atoms with Gasteiger partial charge in [-0.3, -0.25) is 14.6 Å². The lowest BCUT2D eigenvalue weighted by Gasteiger charge is -2.32. The van der Waals surface area contributed by atoms with Crippen LogP contribution in [0.4, 0.5) is 4.39 Å². The summed E-state index contributed by atoms with van der Waals surface area (Å²) in [5.41, 5.74) is 4.78. The van der Waals surface area contributed by atoms with E-state index in [9.17, 15) is 9.18 Å². The van der Waals surface area contributed by atoms with Crippen LogP contribution in [0.25, 0.3) is 11.3 Å². The molecule has 1 amide bonds. The number of aromatic amines is 1. The Morgan fingerprint density at radius 3 is 2.71 bits per heavy atom. The molecule has 0 bridgehead atoms. The maximum atomic E-state index is 13.2. The Morgan fingerprint density at radius 2 is 2.04 bits per heavy atom. The molecule has 1 N–H and O–H groups in total. The highest BCUT2D eigenvalue weighted by atomic mass is 19.1. The predicted molar refractivity (Wildman–Crippen MR) is 101 cm³/mol. The van der Waals surface area contributed by atoms with Gasteiger partial charge in [-0.15, -0.1) is 0 Å². The lowest BCUT2D eigenvalue weighted by molar-refractivity contribution is -0.0230. The number of nitrogens with one attached hydrogen (secondary N) is 1. The van der Waals surface area contributed by atoms with Gasteiger partial charge in [-0.05, 0) is 37.6 Å². The number of morpholine rings is 1. The van der Waals surface area contributed by atoms with E-state index in [1.54, 1.807) is 27.8 Å². The summed E-state index contributed by atoms with van der Waals surface area (Å²) in [6.45, 7) is 5.23. The van der Waals surface area contributed by atoms with Gasteiger partial charge in [0, 0.05) is 24.8 Å². The number of aromatic nitrogens is 4. The van der Waals surface area contributed by atoms with Gasteiger partial charge in [0.25, 0.3) is 5.91 Å². The van der Waals surface area contributed by atoms with E-state index in [4.69, 9.17) is 4.74 Å². The highest BCUT2D eigenvalue weighted by molar-refractivity contribution is 5.93. The summed E-state index contributed by atoms with van der Waals surface area (Å²) < 4.78 is 20.7. The molecule has 1 aromatic carbocycles. The number of amides is 1. The SMILES string of the molecule is Cc1nn(C)c(C)c1-c1cc(C(=O)N2CCOC(c3ccc(F)cc3)C2)[nH]n1. The largest absolute Gasteiger partial charge is 0.370 e. The highest BCUT2D eigenvalue weighted by Crippen LogP contribution is 2.27. The van der Waals surface area contributed by atoms with Crippen molar-refractivity contribution in [1.29, 1.82) is 0 Å². The summed E-state index contributed by atoms with van der Waals surface area (Å²) in [6.07, 6.45) is -0.275. The first-order valence-electron chi connectivity index (χ1n) is 9.16. The molecule has 1 aliphatic rings. The predicted octanol–water partition coefficient (Wildman–Crippen LogP) is 2.78. The molecule has 1 unspecified atom stereocenters.